The van der Waals surface area contributed by atoms with Crippen molar-refractivity contribution in [1.29, 1.82) is 0 Å². The molecule has 1 heterocycles. The van der Waals surface area contributed by atoms with Crippen LogP contribution in [0, 0.1) is 5.92 Å². The molecule has 4 nitrogen and oxygen atoms in total. The molecule has 4 heteroatoms. The molecule has 0 radical (unpaired) electrons. The van der Waals surface area contributed by atoms with Gasteiger partial charge >= 0.3 is 0 Å². The van der Waals surface area contributed by atoms with Gasteiger partial charge in [-0.15, -0.1) is 0 Å². The van der Waals surface area contributed by atoms with Gasteiger partial charge in [-0.25, -0.2) is 0 Å². The lowest BCUT2D eigenvalue weighted by Gasteiger charge is -2.15. The van der Waals surface area contributed by atoms with E-state index in [1.165, 1.54) is 11.3 Å². The van der Waals surface area contributed by atoms with Gasteiger partial charge in [-0.3, -0.25) is 4.68 Å². The second-order valence-electron chi connectivity index (χ2n) is 5.47. The standard InChI is InChI=1S/C17H25N3O/c1-4-15-11-16(20(2)19-15)9-14(12-18)8-13-6-5-7-17(10-13)21-3/h5-7,10-11,14H,4,8-9,12,18H2,1-3H3. The fourth-order valence-corrected chi connectivity index (χ4v) is 2.60. The predicted molar refractivity (Wildman–Crippen MR) is 85.5 cm³/mol. The molecule has 2 aromatic rings. The molecule has 21 heavy (non-hydrogen) atoms. The summed E-state index contributed by atoms with van der Waals surface area (Å²) in [5.74, 6) is 1.31. The maximum atomic E-state index is 5.97. The first-order valence-electron chi connectivity index (χ1n) is 7.51. The van der Waals surface area contributed by atoms with Crippen LogP contribution in [0.25, 0.3) is 0 Å². The Hall–Kier alpha value is -1.81. The maximum absolute atomic E-state index is 5.97. The van der Waals surface area contributed by atoms with Gasteiger partial charge in [0.15, 0.2) is 0 Å². The zero-order chi connectivity index (χ0) is 15.2. The SMILES string of the molecule is CCc1cc(CC(CN)Cc2cccc(OC)c2)n(C)n1. The third-order valence-corrected chi connectivity index (χ3v) is 3.88. The van der Waals surface area contributed by atoms with Gasteiger partial charge in [0.25, 0.3) is 0 Å². The summed E-state index contributed by atoms with van der Waals surface area (Å²) in [4.78, 5) is 0. The highest BCUT2D eigenvalue weighted by Crippen LogP contribution is 2.18. The average Bonchev–Trinajstić information content (AvgIpc) is 2.87. The van der Waals surface area contributed by atoms with Gasteiger partial charge in [-0.05, 0) is 55.5 Å². The van der Waals surface area contributed by atoms with E-state index < -0.39 is 0 Å². The Bertz CT molecular complexity index is 577. The van der Waals surface area contributed by atoms with E-state index in [9.17, 15) is 0 Å². The van der Waals surface area contributed by atoms with Crippen molar-refractivity contribution in [2.75, 3.05) is 13.7 Å². The van der Waals surface area contributed by atoms with E-state index in [1.807, 2.05) is 23.9 Å². The number of nitrogens with two attached hydrogens (primary N) is 1. The molecule has 1 atom stereocenters. The van der Waals surface area contributed by atoms with Crippen LogP contribution in [0.1, 0.15) is 23.9 Å². The van der Waals surface area contributed by atoms with Crippen LogP contribution in [-0.2, 0) is 26.3 Å². The topological polar surface area (TPSA) is 53.1 Å². The van der Waals surface area contributed by atoms with Crippen molar-refractivity contribution < 1.29 is 4.74 Å². The van der Waals surface area contributed by atoms with Crippen molar-refractivity contribution >= 4 is 0 Å². The van der Waals surface area contributed by atoms with Gasteiger partial charge in [0.2, 0.25) is 0 Å². The molecule has 0 amide bonds. The van der Waals surface area contributed by atoms with E-state index in [2.05, 4.69) is 30.2 Å². The Labute approximate surface area is 126 Å². The first-order valence-corrected chi connectivity index (χ1v) is 7.51. The molecule has 0 aliphatic carbocycles. The highest BCUT2D eigenvalue weighted by Gasteiger charge is 2.13. The molecule has 2 N–H and O–H groups in total. The number of aryl methyl sites for hydroxylation is 2. The van der Waals surface area contributed by atoms with E-state index >= 15 is 0 Å². The van der Waals surface area contributed by atoms with E-state index in [4.69, 9.17) is 10.5 Å². The van der Waals surface area contributed by atoms with Crippen molar-refractivity contribution in [3.05, 3.63) is 47.3 Å². The van der Waals surface area contributed by atoms with Crippen LogP contribution in [0.3, 0.4) is 0 Å². The Morgan fingerprint density at radius 2 is 2.10 bits per heavy atom. The number of aromatic nitrogens is 2. The number of hydrogen-bond acceptors (Lipinski definition) is 3. The highest BCUT2D eigenvalue weighted by molar-refractivity contribution is 5.29. The largest absolute Gasteiger partial charge is 0.497 e. The Morgan fingerprint density at radius 1 is 1.29 bits per heavy atom. The summed E-state index contributed by atoms with van der Waals surface area (Å²) < 4.78 is 7.26. The van der Waals surface area contributed by atoms with E-state index in [0.29, 0.717) is 12.5 Å². The molecule has 0 spiro atoms. The highest BCUT2D eigenvalue weighted by atomic mass is 16.5. The molecule has 0 fully saturated rings. The Balaban J connectivity index is 2.07. The van der Waals surface area contributed by atoms with Crippen molar-refractivity contribution in [3.63, 3.8) is 0 Å². The monoisotopic (exact) mass is 287 g/mol. The second-order valence-corrected chi connectivity index (χ2v) is 5.47. The molecule has 0 aliphatic heterocycles. The van der Waals surface area contributed by atoms with E-state index in [1.54, 1.807) is 7.11 Å². The molecular formula is C17H25N3O. The summed E-state index contributed by atoms with van der Waals surface area (Å²) in [5.41, 5.74) is 9.63. The first-order chi connectivity index (χ1) is 10.2. The quantitative estimate of drug-likeness (QED) is 0.850. The van der Waals surface area contributed by atoms with E-state index in [-0.39, 0.29) is 0 Å². The number of hydrogen-bond donors (Lipinski definition) is 1. The molecule has 1 unspecified atom stereocenters. The number of rotatable bonds is 7. The normalized spacial score (nSPS) is 12.4. The zero-order valence-corrected chi connectivity index (χ0v) is 13.2. The third-order valence-electron chi connectivity index (χ3n) is 3.88. The first kappa shape index (κ1) is 15.6. The molecule has 0 saturated carbocycles. The number of methoxy groups -OCH3 is 1. The molecule has 2 rings (SSSR count). The van der Waals surface area contributed by atoms with Gasteiger partial charge in [0.1, 0.15) is 5.75 Å². The lowest BCUT2D eigenvalue weighted by atomic mass is 9.94. The van der Waals surface area contributed by atoms with Gasteiger partial charge in [0, 0.05) is 12.7 Å². The molecule has 0 aliphatic rings. The summed E-state index contributed by atoms with van der Waals surface area (Å²) in [7, 11) is 3.70. The molecule has 0 bridgehead atoms. The lowest BCUT2D eigenvalue weighted by Crippen LogP contribution is -2.20. The third kappa shape index (κ3) is 4.08. The van der Waals surface area contributed by atoms with Crippen molar-refractivity contribution in [3.8, 4) is 5.75 Å². The van der Waals surface area contributed by atoms with E-state index in [0.717, 1.165) is 30.7 Å². The summed E-state index contributed by atoms with van der Waals surface area (Å²) in [6.45, 7) is 2.80. The average molecular weight is 287 g/mol. The van der Waals surface area contributed by atoms with Crippen LogP contribution < -0.4 is 10.5 Å². The Kier molecular flexibility index (Phi) is 5.39. The fourth-order valence-electron chi connectivity index (χ4n) is 2.60. The van der Waals surface area contributed by atoms with Crippen molar-refractivity contribution in [1.82, 2.24) is 9.78 Å². The minimum Gasteiger partial charge on any atom is -0.497 e. The maximum Gasteiger partial charge on any atom is 0.119 e. The number of ether oxygens (including phenoxy) is 1. The van der Waals surface area contributed by atoms with Crippen LogP contribution in [0.2, 0.25) is 0 Å². The summed E-state index contributed by atoms with van der Waals surface area (Å²) in [6, 6.07) is 10.4. The van der Waals surface area contributed by atoms with Crippen molar-refractivity contribution in [2.24, 2.45) is 18.7 Å². The van der Waals surface area contributed by atoms with Crippen LogP contribution in [0.5, 0.6) is 5.75 Å². The summed E-state index contributed by atoms with van der Waals surface area (Å²) >= 11 is 0. The minimum atomic E-state index is 0.414. The molecule has 114 valence electrons. The molecule has 1 aromatic heterocycles. The summed E-state index contributed by atoms with van der Waals surface area (Å²) in [6.07, 6.45) is 2.88. The van der Waals surface area contributed by atoms with Crippen LogP contribution in [0.15, 0.2) is 30.3 Å². The van der Waals surface area contributed by atoms with Crippen molar-refractivity contribution in [2.45, 2.75) is 26.2 Å². The smallest absolute Gasteiger partial charge is 0.119 e. The Morgan fingerprint density at radius 3 is 2.71 bits per heavy atom. The zero-order valence-electron chi connectivity index (χ0n) is 13.2. The molecule has 1 aromatic carbocycles. The van der Waals surface area contributed by atoms with Gasteiger partial charge in [0.05, 0.1) is 12.8 Å². The lowest BCUT2D eigenvalue weighted by molar-refractivity contribution is 0.413. The number of nitrogens with zero attached hydrogens (tertiary/aromatic N) is 2. The number of benzene rings is 1. The second kappa shape index (κ2) is 7.27. The van der Waals surface area contributed by atoms with Gasteiger partial charge < -0.3 is 10.5 Å². The van der Waals surface area contributed by atoms with Gasteiger partial charge in [-0.1, -0.05) is 19.1 Å². The minimum absolute atomic E-state index is 0.414. The molecule has 0 saturated heterocycles. The van der Waals surface area contributed by atoms with Crippen LogP contribution in [0.4, 0.5) is 0 Å². The van der Waals surface area contributed by atoms with Crippen LogP contribution in [-0.4, -0.2) is 23.4 Å². The molecular weight excluding hydrogens is 262 g/mol. The van der Waals surface area contributed by atoms with Gasteiger partial charge in [-0.2, -0.15) is 5.10 Å². The van der Waals surface area contributed by atoms with Crippen LogP contribution >= 0.6 is 0 Å². The predicted octanol–water partition coefficient (Wildman–Crippen LogP) is 2.35. The summed E-state index contributed by atoms with van der Waals surface area (Å²) in [5, 5.41) is 4.51. The fraction of sp³-hybridized carbons (Fsp3) is 0.471.